The zero-order chi connectivity index (χ0) is 14.6. The van der Waals surface area contributed by atoms with E-state index >= 15 is 0 Å². The Morgan fingerprint density at radius 1 is 1.37 bits per heavy atom. The Bertz CT molecular complexity index is 549. The number of rotatable bonds is 6. The third-order valence-electron chi connectivity index (χ3n) is 2.80. The van der Waals surface area contributed by atoms with Crippen LogP contribution in [0, 0.1) is 0 Å². The molecule has 108 valence electrons. The van der Waals surface area contributed by atoms with Gasteiger partial charge in [-0.15, -0.1) is 0 Å². The zero-order valence-corrected chi connectivity index (χ0v) is 14.1. The average Bonchev–Trinajstić information content (AvgIpc) is 2.33. The van der Waals surface area contributed by atoms with Gasteiger partial charge in [-0.1, -0.05) is 31.4 Å². The number of unbranched alkanes of at least 4 members (excludes halogenated alkanes) is 2. The maximum Gasteiger partial charge on any atom is 0.244 e. The molecule has 0 aromatic heterocycles. The first-order valence-electron chi connectivity index (χ1n) is 6.01. The van der Waals surface area contributed by atoms with Crippen molar-refractivity contribution in [3.8, 4) is 0 Å². The van der Waals surface area contributed by atoms with E-state index in [9.17, 15) is 8.42 Å². The molecule has 0 atom stereocenters. The molecule has 4 nitrogen and oxygen atoms in total. The van der Waals surface area contributed by atoms with E-state index in [1.807, 2.05) is 0 Å². The number of nitrogens with two attached hydrogens (primary N) is 1. The smallest absolute Gasteiger partial charge is 0.244 e. The predicted molar refractivity (Wildman–Crippen MR) is 82.9 cm³/mol. The highest BCUT2D eigenvalue weighted by atomic mass is 79.9. The van der Waals surface area contributed by atoms with Gasteiger partial charge in [-0.2, -0.15) is 0 Å². The third kappa shape index (κ3) is 4.08. The van der Waals surface area contributed by atoms with Crippen molar-refractivity contribution in [3.63, 3.8) is 0 Å². The largest absolute Gasteiger partial charge is 0.398 e. The summed E-state index contributed by atoms with van der Waals surface area (Å²) >= 11 is 9.09. The number of hydrogen-bond acceptors (Lipinski definition) is 3. The molecule has 0 aliphatic heterocycles. The minimum atomic E-state index is -3.57. The van der Waals surface area contributed by atoms with E-state index in [0.29, 0.717) is 21.7 Å². The zero-order valence-electron chi connectivity index (χ0n) is 11.0. The minimum absolute atomic E-state index is 0.108. The Labute approximate surface area is 128 Å². The molecule has 1 rings (SSSR count). The van der Waals surface area contributed by atoms with Crippen LogP contribution in [0.3, 0.4) is 0 Å². The van der Waals surface area contributed by atoms with E-state index in [4.69, 9.17) is 17.3 Å². The van der Waals surface area contributed by atoms with Crippen molar-refractivity contribution in [2.45, 2.75) is 31.1 Å². The van der Waals surface area contributed by atoms with E-state index in [1.54, 1.807) is 7.05 Å². The number of nitrogens with zero attached hydrogens (tertiary/aromatic N) is 1. The summed E-state index contributed by atoms with van der Waals surface area (Å²) in [6.45, 7) is 2.55. The molecule has 0 aliphatic carbocycles. The van der Waals surface area contributed by atoms with Crippen LogP contribution in [0.15, 0.2) is 21.5 Å². The summed E-state index contributed by atoms with van der Waals surface area (Å²) < 4.78 is 26.6. The molecule has 0 heterocycles. The molecule has 0 unspecified atom stereocenters. The molecule has 0 aliphatic rings. The third-order valence-corrected chi connectivity index (χ3v) is 6.04. The fourth-order valence-electron chi connectivity index (χ4n) is 1.64. The van der Waals surface area contributed by atoms with Gasteiger partial charge in [0.05, 0.1) is 9.37 Å². The summed E-state index contributed by atoms with van der Waals surface area (Å²) in [5, 5.41) is 0.307. The number of hydrogen-bond donors (Lipinski definition) is 1. The normalized spacial score (nSPS) is 12.1. The van der Waals surface area contributed by atoms with Gasteiger partial charge in [0, 0.05) is 24.3 Å². The molecule has 2 N–H and O–H groups in total. The second kappa shape index (κ2) is 6.92. The van der Waals surface area contributed by atoms with Gasteiger partial charge in [0.15, 0.2) is 0 Å². The monoisotopic (exact) mass is 368 g/mol. The van der Waals surface area contributed by atoms with Crippen molar-refractivity contribution in [2.24, 2.45) is 0 Å². The highest BCUT2D eigenvalue weighted by Gasteiger charge is 2.24. The van der Waals surface area contributed by atoms with Crippen LogP contribution in [0.4, 0.5) is 5.69 Å². The van der Waals surface area contributed by atoms with Gasteiger partial charge in [0.1, 0.15) is 0 Å². The quantitative estimate of drug-likeness (QED) is 0.616. The minimum Gasteiger partial charge on any atom is -0.398 e. The van der Waals surface area contributed by atoms with E-state index in [2.05, 4.69) is 22.9 Å². The molecule has 0 radical (unpaired) electrons. The predicted octanol–water partition coefficient (Wildman–Crippen LogP) is 3.50. The standard InChI is InChI=1S/C12H18BrClN2O2S/c1-3-4-5-6-16(2)19(17,18)11-8-9(14)7-10(15)12(11)13/h7-8H,3-6,15H2,1-2H3. The molecule has 0 bridgehead atoms. The Balaban J connectivity index is 3.06. The van der Waals surface area contributed by atoms with Crippen LogP contribution in [0.2, 0.25) is 5.02 Å². The van der Waals surface area contributed by atoms with Crippen molar-refractivity contribution in [1.82, 2.24) is 4.31 Å². The number of halogens is 2. The Kier molecular flexibility index (Phi) is 6.11. The van der Waals surface area contributed by atoms with E-state index in [0.717, 1.165) is 19.3 Å². The molecular weight excluding hydrogens is 352 g/mol. The second-order valence-corrected chi connectivity index (χ2v) is 7.58. The summed E-state index contributed by atoms with van der Waals surface area (Å²) in [4.78, 5) is 0.108. The van der Waals surface area contributed by atoms with Gasteiger partial charge in [0.25, 0.3) is 0 Å². The van der Waals surface area contributed by atoms with Crippen LogP contribution in [0.5, 0.6) is 0 Å². The number of anilines is 1. The molecule has 0 spiro atoms. The SMILES string of the molecule is CCCCCN(C)S(=O)(=O)c1cc(Cl)cc(N)c1Br. The lowest BCUT2D eigenvalue weighted by Gasteiger charge is -2.18. The Morgan fingerprint density at radius 2 is 2.00 bits per heavy atom. The lowest BCUT2D eigenvalue weighted by molar-refractivity contribution is 0.454. The van der Waals surface area contributed by atoms with Crippen LogP contribution >= 0.6 is 27.5 Å². The Morgan fingerprint density at radius 3 is 2.58 bits per heavy atom. The lowest BCUT2D eigenvalue weighted by Crippen LogP contribution is -2.28. The molecule has 0 fully saturated rings. The fraction of sp³-hybridized carbons (Fsp3) is 0.500. The van der Waals surface area contributed by atoms with E-state index in [-0.39, 0.29) is 4.90 Å². The first kappa shape index (κ1) is 16.8. The maximum atomic E-state index is 12.4. The molecular formula is C12H18BrClN2O2S. The molecule has 0 amide bonds. The van der Waals surface area contributed by atoms with E-state index < -0.39 is 10.0 Å². The van der Waals surface area contributed by atoms with Gasteiger partial charge in [0.2, 0.25) is 10.0 Å². The number of benzene rings is 1. The topological polar surface area (TPSA) is 63.4 Å². The van der Waals surface area contributed by atoms with E-state index in [1.165, 1.54) is 16.4 Å². The van der Waals surface area contributed by atoms with Crippen molar-refractivity contribution in [3.05, 3.63) is 21.6 Å². The Hall–Kier alpha value is -0.300. The van der Waals surface area contributed by atoms with Crippen LogP contribution < -0.4 is 5.73 Å². The fourth-order valence-corrected chi connectivity index (χ4v) is 4.10. The summed E-state index contributed by atoms with van der Waals surface area (Å²) in [7, 11) is -2.01. The molecule has 0 saturated heterocycles. The summed E-state index contributed by atoms with van der Waals surface area (Å²) in [5.41, 5.74) is 6.04. The molecule has 19 heavy (non-hydrogen) atoms. The van der Waals surface area contributed by atoms with Crippen LogP contribution in [0.25, 0.3) is 0 Å². The number of sulfonamides is 1. The lowest BCUT2D eigenvalue weighted by atomic mass is 10.2. The first-order valence-corrected chi connectivity index (χ1v) is 8.62. The van der Waals surface area contributed by atoms with Crippen molar-refractivity contribution in [1.29, 1.82) is 0 Å². The molecule has 1 aromatic rings. The number of nitrogen functional groups attached to an aromatic ring is 1. The van der Waals surface area contributed by atoms with Crippen molar-refractivity contribution in [2.75, 3.05) is 19.3 Å². The molecule has 1 aromatic carbocycles. The molecule has 7 heteroatoms. The van der Waals surface area contributed by atoms with Gasteiger partial charge >= 0.3 is 0 Å². The highest BCUT2D eigenvalue weighted by Crippen LogP contribution is 2.32. The average molecular weight is 370 g/mol. The van der Waals surface area contributed by atoms with Crippen molar-refractivity contribution >= 4 is 43.2 Å². The van der Waals surface area contributed by atoms with Gasteiger partial charge < -0.3 is 5.73 Å². The summed E-state index contributed by atoms with van der Waals surface area (Å²) in [5.74, 6) is 0. The van der Waals surface area contributed by atoms with Gasteiger partial charge in [-0.05, 0) is 34.5 Å². The van der Waals surface area contributed by atoms with Crippen LogP contribution in [-0.4, -0.2) is 26.3 Å². The summed E-state index contributed by atoms with van der Waals surface area (Å²) in [6, 6.07) is 2.93. The molecule has 0 saturated carbocycles. The van der Waals surface area contributed by atoms with Crippen LogP contribution in [0.1, 0.15) is 26.2 Å². The van der Waals surface area contributed by atoms with Gasteiger partial charge in [-0.25, -0.2) is 12.7 Å². The van der Waals surface area contributed by atoms with Gasteiger partial charge in [-0.3, -0.25) is 0 Å². The first-order chi connectivity index (χ1) is 8.80. The van der Waals surface area contributed by atoms with Crippen molar-refractivity contribution < 1.29 is 8.42 Å². The second-order valence-electron chi connectivity index (χ2n) is 4.34. The van der Waals surface area contributed by atoms with Crippen LogP contribution in [-0.2, 0) is 10.0 Å². The highest BCUT2D eigenvalue weighted by molar-refractivity contribution is 9.10. The summed E-state index contributed by atoms with van der Waals surface area (Å²) in [6.07, 6.45) is 2.88. The maximum absolute atomic E-state index is 12.4.